The quantitative estimate of drug-likeness (QED) is 0.874. The van der Waals surface area contributed by atoms with Crippen molar-refractivity contribution in [3.63, 3.8) is 0 Å². The third-order valence-electron chi connectivity index (χ3n) is 2.54. The molecule has 0 aliphatic rings. The largest absolute Gasteiger partial charge is 0.393 e. The Morgan fingerprint density at radius 1 is 1.44 bits per heavy atom. The SMILES string of the molecule is COC(C)CCC(O)Cc1ccc(Br)cn1. The first-order valence-corrected chi connectivity index (χ1v) is 6.22. The van der Waals surface area contributed by atoms with Crippen molar-refractivity contribution in [3.05, 3.63) is 28.5 Å². The van der Waals surface area contributed by atoms with Gasteiger partial charge in [0.05, 0.1) is 12.2 Å². The van der Waals surface area contributed by atoms with E-state index < -0.39 is 0 Å². The zero-order chi connectivity index (χ0) is 12.0. The van der Waals surface area contributed by atoms with Crippen LogP contribution in [0, 0.1) is 0 Å². The summed E-state index contributed by atoms with van der Waals surface area (Å²) in [7, 11) is 1.69. The van der Waals surface area contributed by atoms with Gasteiger partial charge in [-0.05, 0) is 47.8 Å². The van der Waals surface area contributed by atoms with Crippen molar-refractivity contribution in [2.24, 2.45) is 0 Å². The molecule has 0 saturated carbocycles. The number of pyridine rings is 1. The maximum atomic E-state index is 9.81. The van der Waals surface area contributed by atoms with Crippen LogP contribution in [0.4, 0.5) is 0 Å². The van der Waals surface area contributed by atoms with E-state index in [-0.39, 0.29) is 12.2 Å². The van der Waals surface area contributed by atoms with Gasteiger partial charge in [0, 0.05) is 29.9 Å². The molecule has 0 saturated heterocycles. The first-order valence-electron chi connectivity index (χ1n) is 5.43. The highest BCUT2D eigenvalue weighted by Crippen LogP contribution is 2.11. The van der Waals surface area contributed by atoms with E-state index in [1.165, 1.54) is 0 Å². The molecule has 0 spiro atoms. The van der Waals surface area contributed by atoms with Gasteiger partial charge >= 0.3 is 0 Å². The van der Waals surface area contributed by atoms with Crippen LogP contribution in [0.15, 0.2) is 22.8 Å². The van der Waals surface area contributed by atoms with Gasteiger partial charge in [-0.3, -0.25) is 4.98 Å². The van der Waals surface area contributed by atoms with Crippen LogP contribution in [-0.4, -0.2) is 29.4 Å². The van der Waals surface area contributed by atoms with Crippen molar-refractivity contribution in [2.75, 3.05) is 7.11 Å². The summed E-state index contributed by atoms with van der Waals surface area (Å²) in [5.74, 6) is 0. The van der Waals surface area contributed by atoms with Crippen molar-refractivity contribution in [3.8, 4) is 0 Å². The lowest BCUT2D eigenvalue weighted by Gasteiger charge is -2.13. The lowest BCUT2D eigenvalue weighted by molar-refractivity contribution is 0.0849. The highest BCUT2D eigenvalue weighted by Gasteiger charge is 2.09. The molecule has 3 nitrogen and oxygen atoms in total. The van der Waals surface area contributed by atoms with Gasteiger partial charge in [-0.15, -0.1) is 0 Å². The Morgan fingerprint density at radius 2 is 2.19 bits per heavy atom. The highest BCUT2D eigenvalue weighted by atomic mass is 79.9. The lowest BCUT2D eigenvalue weighted by atomic mass is 10.1. The third-order valence-corrected chi connectivity index (χ3v) is 3.01. The zero-order valence-electron chi connectivity index (χ0n) is 9.69. The van der Waals surface area contributed by atoms with E-state index in [1.54, 1.807) is 13.3 Å². The summed E-state index contributed by atoms with van der Waals surface area (Å²) < 4.78 is 6.09. The van der Waals surface area contributed by atoms with Crippen LogP contribution in [0.3, 0.4) is 0 Å². The fourth-order valence-corrected chi connectivity index (χ4v) is 1.65. The Labute approximate surface area is 105 Å². The van der Waals surface area contributed by atoms with E-state index in [4.69, 9.17) is 4.74 Å². The van der Waals surface area contributed by atoms with Crippen LogP contribution >= 0.6 is 15.9 Å². The molecule has 0 radical (unpaired) electrons. The fourth-order valence-electron chi connectivity index (χ4n) is 1.42. The Morgan fingerprint density at radius 3 is 2.75 bits per heavy atom. The summed E-state index contributed by atoms with van der Waals surface area (Å²) in [5, 5.41) is 9.81. The summed E-state index contributed by atoms with van der Waals surface area (Å²) >= 11 is 3.33. The van der Waals surface area contributed by atoms with Crippen LogP contribution in [-0.2, 0) is 11.2 Å². The first kappa shape index (κ1) is 13.6. The van der Waals surface area contributed by atoms with E-state index in [9.17, 15) is 5.11 Å². The van der Waals surface area contributed by atoms with Gasteiger partial charge in [0.25, 0.3) is 0 Å². The summed E-state index contributed by atoms with van der Waals surface area (Å²) in [6.45, 7) is 2.00. The minimum atomic E-state index is -0.341. The van der Waals surface area contributed by atoms with Gasteiger partial charge < -0.3 is 9.84 Å². The second-order valence-electron chi connectivity index (χ2n) is 3.95. The van der Waals surface area contributed by atoms with E-state index in [0.29, 0.717) is 6.42 Å². The van der Waals surface area contributed by atoms with Gasteiger partial charge in [0.2, 0.25) is 0 Å². The molecule has 0 aromatic carbocycles. The molecule has 16 heavy (non-hydrogen) atoms. The average molecular weight is 288 g/mol. The van der Waals surface area contributed by atoms with Crippen molar-refractivity contribution >= 4 is 15.9 Å². The van der Waals surface area contributed by atoms with Crippen LogP contribution in [0.1, 0.15) is 25.5 Å². The highest BCUT2D eigenvalue weighted by molar-refractivity contribution is 9.10. The molecule has 2 unspecified atom stereocenters. The number of hydrogen-bond donors (Lipinski definition) is 1. The number of ether oxygens (including phenoxy) is 1. The number of halogens is 1. The lowest BCUT2D eigenvalue weighted by Crippen LogP contribution is -2.15. The second kappa shape index (κ2) is 6.99. The summed E-state index contributed by atoms with van der Waals surface area (Å²) in [5.41, 5.74) is 0.917. The Hall–Kier alpha value is -0.450. The normalized spacial score (nSPS) is 14.8. The number of aliphatic hydroxyl groups excluding tert-OH is 1. The topological polar surface area (TPSA) is 42.4 Å². The van der Waals surface area contributed by atoms with Crippen molar-refractivity contribution in [2.45, 2.75) is 38.4 Å². The molecule has 4 heteroatoms. The minimum absolute atomic E-state index is 0.201. The number of nitrogens with zero attached hydrogens (tertiary/aromatic N) is 1. The maximum Gasteiger partial charge on any atom is 0.0596 e. The summed E-state index contributed by atoms with van der Waals surface area (Å²) in [6, 6.07) is 3.86. The number of rotatable bonds is 6. The average Bonchev–Trinajstić information content (AvgIpc) is 2.29. The fraction of sp³-hybridized carbons (Fsp3) is 0.583. The van der Waals surface area contributed by atoms with Crippen LogP contribution < -0.4 is 0 Å². The monoisotopic (exact) mass is 287 g/mol. The number of aliphatic hydroxyl groups is 1. The van der Waals surface area contributed by atoms with Crippen molar-refractivity contribution < 1.29 is 9.84 Å². The van der Waals surface area contributed by atoms with Crippen LogP contribution in [0.2, 0.25) is 0 Å². The molecule has 0 aliphatic carbocycles. The van der Waals surface area contributed by atoms with Crippen molar-refractivity contribution in [1.29, 1.82) is 0 Å². The van der Waals surface area contributed by atoms with Crippen LogP contribution in [0.25, 0.3) is 0 Å². The van der Waals surface area contributed by atoms with E-state index in [0.717, 1.165) is 23.0 Å². The molecule has 0 fully saturated rings. The van der Waals surface area contributed by atoms with Crippen molar-refractivity contribution in [1.82, 2.24) is 4.98 Å². The van der Waals surface area contributed by atoms with Gasteiger partial charge in [0.1, 0.15) is 0 Å². The predicted molar refractivity (Wildman–Crippen MR) is 67.4 cm³/mol. The minimum Gasteiger partial charge on any atom is -0.393 e. The third kappa shape index (κ3) is 5.05. The number of aromatic nitrogens is 1. The molecule has 0 amide bonds. The molecule has 1 N–H and O–H groups in total. The zero-order valence-corrected chi connectivity index (χ0v) is 11.3. The molecule has 90 valence electrons. The molecule has 0 bridgehead atoms. The van der Waals surface area contributed by atoms with E-state index in [1.807, 2.05) is 19.1 Å². The Kier molecular flexibility index (Phi) is 5.95. The molecule has 2 atom stereocenters. The smallest absolute Gasteiger partial charge is 0.0596 e. The second-order valence-corrected chi connectivity index (χ2v) is 4.87. The van der Waals surface area contributed by atoms with Gasteiger partial charge in [-0.1, -0.05) is 0 Å². The Bertz CT molecular complexity index is 302. The molecule has 1 aromatic heterocycles. The maximum absolute atomic E-state index is 9.81. The molecular weight excluding hydrogens is 270 g/mol. The number of methoxy groups -OCH3 is 1. The first-order chi connectivity index (χ1) is 7.61. The van der Waals surface area contributed by atoms with Gasteiger partial charge in [0.15, 0.2) is 0 Å². The molecule has 1 aromatic rings. The molecule has 0 aliphatic heterocycles. The van der Waals surface area contributed by atoms with Crippen LogP contribution in [0.5, 0.6) is 0 Å². The number of hydrogen-bond acceptors (Lipinski definition) is 3. The van der Waals surface area contributed by atoms with E-state index in [2.05, 4.69) is 20.9 Å². The molecular formula is C12H18BrNO2. The standard InChI is InChI=1S/C12H18BrNO2/c1-9(16-2)3-6-12(15)7-11-5-4-10(13)8-14-11/h4-5,8-9,12,15H,3,6-7H2,1-2H3. The summed E-state index contributed by atoms with van der Waals surface area (Å²) in [6.07, 6.45) is 3.82. The molecule has 1 rings (SSSR count). The molecule has 1 heterocycles. The predicted octanol–water partition coefficient (Wildman–Crippen LogP) is 2.56. The van der Waals surface area contributed by atoms with Gasteiger partial charge in [-0.2, -0.15) is 0 Å². The van der Waals surface area contributed by atoms with E-state index >= 15 is 0 Å². The van der Waals surface area contributed by atoms with Gasteiger partial charge in [-0.25, -0.2) is 0 Å². The summed E-state index contributed by atoms with van der Waals surface area (Å²) in [4.78, 5) is 4.23. The Balaban J connectivity index is 2.33.